The smallest absolute Gasteiger partial charge is 0.253 e. The Balaban J connectivity index is 1.19. The number of rotatable bonds is 7. The van der Waals surface area contributed by atoms with Gasteiger partial charge in [0.2, 0.25) is 10.0 Å². The summed E-state index contributed by atoms with van der Waals surface area (Å²) in [7, 11) is -3.74. The highest BCUT2D eigenvalue weighted by molar-refractivity contribution is 7.89. The van der Waals surface area contributed by atoms with Crippen LogP contribution in [-0.4, -0.2) is 59.7 Å². The van der Waals surface area contributed by atoms with Crippen molar-refractivity contribution in [2.24, 2.45) is 0 Å². The topological polar surface area (TPSA) is 87.0 Å². The highest BCUT2D eigenvalue weighted by atomic mass is 32.2. The number of carbonyl (C=O) groups excluding carboxylic acids is 1. The van der Waals surface area contributed by atoms with Gasteiger partial charge >= 0.3 is 0 Å². The normalized spacial score (nSPS) is 14.9. The minimum atomic E-state index is -3.74. The molecule has 0 spiro atoms. The summed E-state index contributed by atoms with van der Waals surface area (Å²) in [6.07, 6.45) is 4.01. The average Bonchev–Trinajstić information content (AvgIpc) is 3.31. The molecule has 180 valence electrons. The van der Waals surface area contributed by atoms with E-state index in [4.69, 9.17) is 0 Å². The van der Waals surface area contributed by atoms with Crippen LogP contribution >= 0.6 is 0 Å². The van der Waals surface area contributed by atoms with E-state index in [2.05, 4.69) is 14.6 Å². The average molecular weight is 490 g/mol. The zero-order valence-electron chi connectivity index (χ0n) is 19.2. The van der Waals surface area contributed by atoms with Crippen LogP contribution in [0.25, 0.3) is 5.65 Å². The molecule has 1 amide bonds. The second-order valence-corrected chi connectivity index (χ2v) is 10.4. The Morgan fingerprint density at radius 1 is 0.914 bits per heavy atom. The molecule has 2 aromatic heterocycles. The van der Waals surface area contributed by atoms with Crippen LogP contribution in [-0.2, 0) is 23.1 Å². The van der Waals surface area contributed by atoms with E-state index in [1.165, 1.54) is 12.1 Å². The van der Waals surface area contributed by atoms with Crippen molar-refractivity contribution in [3.05, 3.63) is 102 Å². The van der Waals surface area contributed by atoms with Gasteiger partial charge in [0.15, 0.2) is 0 Å². The van der Waals surface area contributed by atoms with Crippen molar-refractivity contribution in [3.8, 4) is 0 Å². The lowest BCUT2D eigenvalue weighted by Crippen LogP contribution is -2.48. The van der Waals surface area contributed by atoms with Gasteiger partial charge in [-0.3, -0.25) is 9.69 Å². The van der Waals surface area contributed by atoms with E-state index in [-0.39, 0.29) is 17.3 Å². The van der Waals surface area contributed by atoms with Crippen LogP contribution in [0.5, 0.6) is 0 Å². The van der Waals surface area contributed by atoms with Crippen molar-refractivity contribution in [1.82, 2.24) is 23.9 Å². The van der Waals surface area contributed by atoms with Crippen LogP contribution < -0.4 is 4.72 Å². The summed E-state index contributed by atoms with van der Waals surface area (Å²) in [6.45, 7) is 3.54. The maximum absolute atomic E-state index is 13.1. The lowest BCUT2D eigenvalue weighted by molar-refractivity contribution is 0.0627. The van der Waals surface area contributed by atoms with Gasteiger partial charge in [0.25, 0.3) is 5.91 Å². The summed E-state index contributed by atoms with van der Waals surface area (Å²) in [5.74, 6) is -0.155. The predicted molar refractivity (Wildman–Crippen MR) is 133 cm³/mol. The first-order valence-corrected chi connectivity index (χ1v) is 13.0. The van der Waals surface area contributed by atoms with Gasteiger partial charge in [-0.15, -0.1) is 0 Å². The van der Waals surface area contributed by atoms with Gasteiger partial charge in [-0.25, -0.2) is 18.1 Å². The Labute approximate surface area is 204 Å². The van der Waals surface area contributed by atoms with Crippen LogP contribution in [0.1, 0.15) is 21.6 Å². The SMILES string of the molecule is O=C(c1cccc(S(=O)(=O)NCc2ccccc2)c1)N1CCN(Cc2cn3ccccc3n2)CC1. The van der Waals surface area contributed by atoms with E-state index in [1.54, 1.807) is 17.0 Å². The summed E-state index contributed by atoms with van der Waals surface area (Å²) in [5.41, 5.74) is 3.16. The van der Waals surface area contributed by atoms with Crippen molar-refractivity contribution in [1.29, 1.82) is 0 Å². The van der Waals surface area contributed by atoms with Gasteiger partial charge in [0.05, 0.1) is 10.6 Å². The number of pyridine rings is 1. The number of fused-ring (bicyclic) bond motifs is 1. The van der Waals surface area contributed by atoms with E-state index in [0.717, 1.165) is 36.5 Å². The van der Waals surface area contributed by atoms with Gasteiger partial charge < -0.3 is 9.30 Å². The van der Waals surface area contributed by atoms with Gasteiger partial charge in [-0.2, -0.15) is 0 Å². The van der Waals surface area contributed by atoms with E-state index in [0.29, 0.717) is 18.7 Å². The third kappa shape index (κ3) is 5.43. The first kappa shape index (κ1) is 23.2. The maximum atomic E-state index is 13.1. The molecule has 0 saturated carbocycles. The molecule has 3 heterocycles. The van der Waals surface area contributed by atoms with Gasteiger partial charge in [0, 0.05) is 57.2 Å². The van der Waals surface area contributed by atoms with Gasteiger partial charge in [0.1, 0.15) is 5.65 Å². The lowest BCUT2D eigenvalue weighted by atomic mass is 10.2. The molecule has 0 aliphatic carbocycles. The number of imidazole rings is 1. The van der Waals surface area contributed by atoms with E-state index in [9.17, 15) is 13.2 Å². The zero-order valence-corrected chi connectivity index (χ0v) is 20.1. The van der Waals surface area contributed by atoms with Gasteiger partial charge in [-0.05, 0) is 35.9 Å². The number of nitrogens with one attached hydrogen (secondary N) is 1. The Kier molecular flexibility index (Phi) is 6.63. The van der Waals surface area contributed by atoms with Crippen LogP contribution in [0.4, 0.5) is 0 Å². The van der Waals surface area contributed by atoms with Crippen molar-refractivity contribution < 1.29 is 13.2 Å². The van der Waals surface area contributed by atoms with Crippen molar-refractivity contribution in [2.75, 3.05) is 26.2 Å². The Bertz CT molecular complexity index is 1390. The number of piperazine rings is 1. The van der Waals surface area contributed by atoms with Crippen molar-refractivity contribution >= 4 is 21.6 Å². The van der Waals surface area contributed by atoms with Crippen LogP contribution in [0, 0.1) is 0 Å². The molecule has 1 fully saturated rings. The summed E-state index contributed by atoms with van der Waals surface area (Å²) in [6, 6.07) is 21.5. The summed E-state index contributed by atoms with van der Waals surface area (Å²) >= 11 is 0. The first-order valence-electron chi connectivity index (χ1n) is 11.6. The second kappa shape index (κ2) is 9.99. The minimum absolute atomic E-state index is 0.0877. The number of sulfonamides is 1. The Morgan fingerprint density at radius 3 is 2.46 bits per heavy atom. The lowest BCUT2D eigenvalue weighted by Gasteiger charge is -2.34. The number of aromatic nitrogens is 2. The quantitative estimate of drug-likeness (QED) is 0.431. The fraction of sp³-hybridized carbons (Fsp3) is 0.231. The molecule has 0 bridgehead atoms. The van der Waals surface area contributed by atoms with Gasteiger partial charge in [-0.1, -0.05) is 42.5 Å². The molecule has 0 atom stereocenters. The molecule has 35 heavy (non-hydrogen) atoms. The van der Waals surface area contributed by atoms with Crippen molar-refractivity contribution in [2.45, 2.75) is 18.0 Å². The maximum Gasteiger partial charge on any atom is 0.253 e. The van der Waals surface area contributed by atoms with E-state index < -0.39 is 10.0 Å². The fourth-order valence-electron chi connectivity index (χ4n) is 4.24. The Morgan fingerprint density at radius 2 is 1.69 bits per heavy atom. The number of hydrogen-bond acceptors (Lipinski definition) is 5. The van der Waals surface area contributed by atoms with E-state index >= 15 is 0 Å². The van der Waals surface area contributed by atoms with Crippen molar-refractivity contribution in [3.63, 3.8) is 0 Å². The molecule has 0 unspecified atom stereocenters. The number of benzene rings is 2. The van der Waals surface area contributed by atoms with Crippen LogP contribution in [0.3, 0.4) is 0 Å². The second-order valence-electron chi connectivity index (χ2n) is 8.60. The number of nitrogens with zero attached hydrogens (tertiary/aromatic N) is 4. The Hall–Kier alpha value is -3.53. The molecule has 4 aromatic rings. The summed E-state index contributed by atoms with van der Waals surface area (Å²) in [5, 5.41) is 0. The molecule has 1 aliphatic rings. The largest absolute Gasteiger partial charge is 0.336 e. The number of carbonyl (C=O) groups is 1. The first-order chi connectivity index (χ1) is 17.0. The molecule has 9 heteroatoms. The number of amides is 1. The molecule has 0 radical (unpaired) electrons. The minimum Gasteiger partial charge on any atom is -0.336 e. The molecule has 1 saturated heterocycles. The highest BCUT2D eigenvalue weighted by Gasteiger charge is 2.24. The molecule has 8 nitrogen and oxygen atoms in total. The predicted octanol–water partition coefficient (Wildman–Crippen LogP) is 2.77. The number of hydrogen-bond donors (Lipinski definition) is 1. The molecule has 1 N–H and O–H groups in total. The molecule has 2 aromatic carbocycles. The highest BCUT2D eigenvalue weighted by Crippen LogP contribution is 2.16. The fourth-order valence-corrected chi connectivity index (χ4v) is 5.30. The van der Waals surface area contributed by atoms with E-state index in [1.807, 2.05) is 65.3 Å². The molecular weight excluding hydrogens is 462 g/mol. The zero-order chi connectivity index (χ0) is 24.3. The van der Waals surface area contributed by atoms with Crippen LogP contribution in [0.15, 0.2) is 90.1 Å². The monoisotopic (exact) mass is 489 g/mol. The standard InChI is InChI=1S/C26H27N5O3S/c32-26(22-9-6-10-24(17-22)35(33,34)27-18-21-7-2-1-3-8-21)30-15-13-29(14-16-30)19-23-20-31-12-5-4-11-25(31)28-23/h1-12,17,20,27H,13-16,18-19H2. The molecule has 1 aliphatic heterocycles. The molecular formula is C26H27N5O3S. The third-order valence-corrected chi connectivity index (χ3v) is 7.56. The summed E-state index contributed by atoms with van der Waals surface area (Å²) in [4.78, 5) is 21.9. The third-order valence-electron chi connectivity index (χ3n) is 6.16. The summed E-state index contributed by atoms with van der Waals surface area (Å²) < 4.78 is 30.2. The molecule has 5 rings (SSSR count). The van der Waals surface area contributed by atoms with Crippen LogP contribution in [0.2, 0.25) is 0 Å².